The van der Waals surface area contributed by atoms with E-state index < -0.39 is 0 Å². The van der Waals surface area contributed by atoms with Gasteiger partial charge in [-0.05, 0) is 36.4 Å². The molecule has 1 saturated heterocycles. The molecule has 6 nitrogen and oxygen atoms in total. The van der Waals surface area contributed by atoms with Crippen molar-refractivity contribution in [2.24, 2.45) is 0 Å². The minimum atomic E-state index is -0.0678. The van der Waals surface area contributed by atoms with Crippen molar-refractivity contribution in [2.45, 2.75) is 6.54 Å². The Kier molecular flexibility index (Phi) is 4.77. The molecule has 7 heteroatoms. The maximum absolute atomic E-state index is 12.4. The molecular formula is C19H20ClN5O. The van der Waals surface area contributed by atoms with E-state index in [9.17, 15) is 4.79 Å². The molecule has 1 N–H and O–H groups in total. The molecule has 1 fully saturated rings. The van der Waals surface area contributed by atoms with Crippen LogP contribution in [0, 0.1) is 0 Å². The summed E-state index contributed by atoms with van der Waals surface area (Å²) in [5, 5.41) is 3.58. The van der Waals surface area contributed by atoms with Crippen molar-refractivity contribution in [3.05, 3.63) is 65.6 Å². The number of halogens is 1. The van der Waals surface area contributed by atoms with E-state index in [1.54, 1.807) is 24.3 Å². The maximum atomic E-state index is 12.4. The van der Waals surface area contributed by atoms with Crippen LogP contribution in [0.3, 0.4) is 0 Å². The van der Waals surface area contributed by atoms with Crippen molar-refractivity contribution in [2.75, 3.05) is 31.5 Å². The van der Waals surface area contributed by atoms with Crippen LogP contribution in [0.1, 0.15) is 5.69 Å². The van der Waals surface area contributed by atoms with Gasteiger partial charge >= 0.3 is 6.03 Å². The van der Waals surface area contributed by atoms with Crippen molar-refractivity contribution < 1.29 is 4.79 Å². The molecule has 0 radical (unpaired) electrons. The minimum Gasteiger partial charge on any atom is -0.322 e. The van der Waals surface area contributed by atoms with Gasteiger partial charge in [0.2, 0.25) is 0 Å². The van der Waals surface area contributed by atoms with Gasteiger partial charge in [-0.3, -0.25) is 4.90 Å². The fourth-order valence-electron chi connectivity index (χ4n) is 3.18. The number of pyridine rings is 1. The molecule has 2 amide bonds. The second-order valence-electron chi connectivity index (χ2n) is 6.38. The molecule has 1 aliphatic heterocycles. The van der Waals surface area contributed by atoms with Gasteiger partial charge in [0.25, 0.3) is 0 Å². The molecule has 0 saturated carbocycles. The maximum Gasteiger partial charge on any atom is 0.321 e. The van der Waals surface area contributed by atoms with E-state index in [-0.39, 0.29) is 6.03 Å². The van der Waals surface area contributed by atoms with Gasteiger partial charge in [-0.15, -0.1) is 0 Å². The lowest BCUT2D eigenvalue weighted by Crippen LogP contribution is -2.49. The molecule has 0 spiro atoms. The van der Waals surface area contributed by atoms with Crippen LogP contribution < -0.4 is 5.32 Å². The fraction of sp³-hybridized carbons (Fsp3) is 0.263. The average molecular weight is 370 g/mol. The molecule has 134 valence electrons. The largest absolute Gasteiger partial charge is 0.322 e. The number of hydrogen-bond donors (Lipinski definition) is 1. The first-order chi connectivity index (χ1) is 12.7. The lowest BCUT2D eigenvalue weighted by molar-refractivity contribution is 0.142. The van der Waals surface area contributed by atoms with E-state index in [2.05, 4.69) is 19.6 Å². The van der Waals surface area contributed by atoms with Crippen molar-refractivity contribution >= 4 is 29.0 Å². The van der Waals surface area contributed by atoms with Gasteiger partial charge in [0.15, 0.2) is 0 Å². The smallest absolute Gasteiger partial charge is 0.321 e. The minimum absolute atomic E-state index is 0.0678. The van der Waals surface area contributed by atoms with Gasteiger partial charge < -0.3 is 14.6 Å². The van der Waals surface area contributed by atoms with Gasteiger partial charge in [-0.1, -0.05) is 17.7 Å². The summed E-state index contributed by atoms with van der Waals surface area (Å²) in [7, 11) is 0. The first kappa shape index (κ1) is 16.9. The second kappa shape index (κ2) is 7.35. The Hall–Kier alpha value is -2.57. The molecule has 26 heavy (non-hydrogen) atoms. The third-order valence-electron chi connectivity index (χ3n) is 4.63. The third-order valence-corrected chi connectivity index (χ3v) is 4.89. The Bertz CT molecular complexity index is 900. The quantitative estimate of drug-likeness (QED) is 0.770. The highest BCUT2D eigenvalue weighted by Crippen LogP contribution is 2.15. The molecule has 3 aromatic rings. The Morgan fingerprint density at radius 1 is 1.08 bits per heavy atom. The Labute approximate surface area is 157 Å². The molecule has 1 aliphatic rings. The highest BCUT2D eigenvalue weighted by Gasteiger charge is 2.21. The summed E-state index contributed by atoms with van der Waals surface area (Å²) >= 11 is 5.87. The van der Waals surface area contributed by atoms with Gasteiger partial charge in [-0.25, -0.2) is 9.78 Å². The van der Waals surface area contributed by atoms with E-state index in [0.717, 1.165) is 31.0 Å². The van der Waals surface area contributed by atoms with Gasteiger partial charge in [0, 0.05) is 49.6 Å². The molecular weight excluding hydrogens is 350 g/mol. The molecule has 2 aromatic heterocycles. The lowest BCUT2D eigenvalue weighted by Gasteiger charge is -2.34. The number of hydrogen-bond acceptors (Lipinski definition) is 3. The number of nitrogens with zero attached hydrogens (tertiary/aromatic N) is 4. The molecule has 0 unspecified atom stereocenters. The predicted octanol–water partition coefficient (Wildman–Crippen LogP) is 3.34. The summed E-state index contributed by atoms with van der Waals surface area (Å²) in [6.45, 7) is 3.92. The number of urea groups is 1. The summed E-state index contributed by atoms with van der Waals surface area (Å²) < 4.78 is 2.11. The van der Waals surface area contributed by atoms with Crippen LogP contribution in [0.2, 0.25) is 5.02 Å². The number of fused-ring (bicyclic) bond motifs is 1. The second-order valence-corrected chi connectivity index (χ2v) is 6.82. The van der Waals surface area contributed by atoms with E-state index in [1.165, 1.54) is 5.69 Å². The number of amides is 2. The van der Waals surface area contributed by atoms with Crippen LogP contribution in [0.4, 0.5) is 10.5 Å². The summed E-state index contributed by atoms with van der Waals surface area (Å²) in [5.41, 5.74) is 2.88. The number of anilines is 1. The highest BCUT2D eigenvalue weighted by atomic mass is 35.5. The number of rotatable bonds is 3. The first-order valence-electron chi connectivity index (χ1n) is 8.64. The van der Waals surface area contributed by atoms with Crippen LogP contribution in [-0.4, -0.2) is 51.4 Å². The molecule has 1 aromatic carbocycles. The number of imidazole rings is 1. The number of aromatic nitrogens is 2. The number of nitrogens with one attached hydrogen (secondary N) is 1. The van der Waals surface area contributed by atoms with E-state index in [4.69, 9.17) is 11.6 Å². The van der Waals surface area contributed by atoms with Crippen LogP contribution in [0.5, 0.6) is 0 Å². The number of carbonyl (C=O) groups is 1. The Balaban J connectivity index is 1.32. The Morgan fingerprint density at radius 3 is 2.62 bits per heavy atom. The van der Waals surface area contributed by atoms with E-state index in [0.29, 0.717) is 18.1 Å². The lowest BCUT2D eigenvalue weighted by atomic mass is 10.3. The van der Waals surface area contributed by atoms with Crippen molar-refractivity contribution in [1.29, 1.82) is 0 Å². The van der Waals surface area contributed by atoms with E-state index in [1.807, 2.05) is 35.5 Å². The monoisotopic (exact) mass is 369 g/mol. The summed E-state index contributed by atoms with van der Waals surface area (Å²) in [6, 6.07) is 13.1. The zero-order valence-electron chi connectivity index (χ0n) is 14.3. The normalized spacial score (nSPS) is 15.3. The third kappa shape index (κ3) is 3.66. The van der Waals surface area contributed by atoms with Crippen molar-refractivity contribution in [3.63, 3.8) is 0 Å². The van der Waals surface area contributed by atoms with Crippen molar-refractivity contribution in [1.82, 2.24) is 19.2 Å². The zero-order chi connectivity index (χ0) is 17.9. The van der Waals surface area contributed by atoms with Crippen LogP contribution in [-0.2, 0) is 6.54 Å². The highest BCUT2D eigenvalue weighted by molar-refractivity contribution is 6.30. The van der Waals surface area contributed by atoms with Gasteiger partial charge in [0.05, 0.1) is 11.9 Å². The SMILES string of the molecule is O=C(Nc1ccc(Cl)cc1)N1CCN(Cc2cnc3ccccn23)CC1. The topological polar surface area (TPSA) is 52.9 Å². The molecule has 4 rings (SSSR count). The molecule has 0 atom stereocenters. The number of piperazine rings is 1. The van der Waals surface area contributed by atoms with Gasteiger partial charge in [-0.2, -0.15) is 0 Å². The fourth-order valence-corrected chi connectivity index (χ4v) is 3.30. The summed E-state index contributed by atoms with van der Waals surface area (Å²) in [5.74, 6) is 0. The van der Waals surface area contributed by atoms with Crippen LogP contribution in [0.25, 0.3) is 5.65 Å². The summed E-state index contributed by atoms with van der Waals surface area (Å²) in [4.78, 5) is 21.0. The average Bonchev–Trinajstić information content (AvgIpc) is 3.07. The molecule has 0 bridgehead atoms. The molecule has 3 heterocycles. The van der Waals surface area contributed by atoms with Crippen LogP contribution >= 0.6 is 11.6 Å². The zero-order valence-corrected chi connectivity index (χ0v) is 15.1. The van der Waals surface area contributed by atoms with Crippen molar-refractivity contribution in [3.8, 4) is 0 Å². The summed E-state index contributed by atoms with van der Waals surface area (Å²) in [6.07, 6.45) is 3.96. The first-order valence-corrected chi connectivity index (χ1v) is 9.02. The predicted molar refractivity (Wildman–Crippen MR) is 103 cm³/mol. The van der Waals surface area contributed by atoms with Gasteiger partial charge in [0.1, 0.15) is 5.65 Å². The number of benzene rings is 1. The van der Waals surface area contributed by atoms with Crippen LogP contribution in [0.15, 0.2) is 54.9 Å². The van der Waals surface area contributed by atoms with E-state index >= 15 is 0 Å². The number of carbonyl (C=O) groups excluding carboxylic acids is 1. The molecule has 0 aliphatic carbocycles. The standard InChI is InChI=1S/C19H20ClN5O/c20-15-4-6-16(7-5-15)22-19(26)24-11-9-23(10-12-24)14-17-13-21-18-3-1-2-8-25(17)18/h1-8,13H,9-12,14H2,(H,22,26). The Morgan fingerprint density at radius 2 is 1.85 bits per heavy atom.